The fourth-order valence-corrected chi connectivity index (χ4v) is 3.19. The summed E-state index contributed by atoms with van der Waals surface area (Å²) in [7, 11) is 0. The third kappa shape index (κ3) is 6.57. The molecule has 0 saturated heterocycles. The summed E-state index contributed by atoms with van der Waals surface area (Å²) in [6.07, 6.45) is 6.38. The molecule has 24 heavy (non-hydrogen) atoms. The average molecular weight is 412 g/mol. The topological polar surface area (TPSA) is 73.7 Å². The van der Waals surface area contributed by atoms with E-state index in [-0.39, 0.29) is 6.42 Å². The summed E-state index contributed by atoms with van der Waals surface area (Å²) in [5.41, 5.74) is 4.43. The van der Waals surface area contributed by atoms with E-state index in [1.807, 2.05) is 24.3 Å². The Labute approximate surface area is 156 Å². The molecule has 1 aliphatic rings. The van der Waals surface area contributed by atoms with E-state index in [1.165, 1.54) is 19.3 Å². The zero-order valence-corrected chi connectivity index (χ0v) is 15.8. The molecule has 0 radical (unpaired) electrons. The largest absolute Gasteiger partial charge is 0.481 e. The van der Waals surface area contributed by atoms with Gasteiger partial charge in [0, 0.05) is 16.9 Å². The highest BCUT2D eigenvalue weighted by molar-refractivity contribution is 9.10. The summed E-state index contributed by atoms with van der Waals surface area (Å²) in [5.74, 6) is -0.845. The Morgan fingerprint density at radius 3 is 2.50 bits per heavy atom. The van der Waals surface area contributed by atoms with E-state index in [2.05, 4.69) is 31.8 Å². The molecule has 3 N–H and O–H groups in total. The third-order valence-electron chi connectivity index (χ3n) is 3.99. The number of carboxylic acid groups (broad SMARTS) is 1. The molecule has 2 rings (SSSR count). The highest BCUT2D eigenvalue weighted by Gasteiger charge is 2.14. The fraction of sp³-hybridized carbons (Fsp3) is 0.471. The van der Waals surface area contributed by atoms with Gasteiger partial charge in [-0.25, -0.2) is 0 Å². The average Bonchev–Trinajstić information content (AvgIpc) is 2.57. The van der Waals surface area contributed by atoms with Crippen molar-refractivity contribution in [2.45, 2.75) is 51.0 Å². The van der Waals surface area contributed by atoms with Crippen molar-refractivity contribution < 1.29 is 9.90 Å². The number of nitrogens with one attached hydrogen (secondary N) is 2. The zero-order chi connectivity index (χ0) is 17.4. The van der Waals surface area contributed by atoms with E-state index in [4.69, 9.17) is 17.3 Å². The molecule has 5 nitrogen and oxygen atoms in total. The second-order valence-electron chi connectivity index (χ2n) is 5.88. The first-order valence-corrected chi connectivity index (χ1v) is 9.35. The normalized spacial score (nSPS) is 15.8. The number of hydrogen-bond donors (Lipinski definition) is 3. The minimum atomic E-state index is -0.845. The molecular weight excluding hydrogens is 390 g/mol. The van der Waals surface area contributed by atoms with Gasteiger partial charge in [-0.05, 0) is 42.8 Å². The minimum Gasteiger partial charge on any atom is -0.481 e. The highest BCUT2D eigenvalue weighted by atomic mass is 79.9. The lowest BCUT2D eigenvalue weighted by atomic mass is 9.96. The quantitative estimate of drug-likeness (QED) is 0.377. The van der Waals surface area contributed by atoms with Crippen LogP contribution in [0, 0.1) is 0 Å². The van der Waals surface area contributed by atoms with E-state index >= 15 is 0 Å². The lowest BCUT2D eigenvalue weighted by molar-refractivity contribution is -0.136. The summed E-state index contributed by atoms with van der Waals surface area (Å²) in [6, 6.07) is 8.03. The number of carbonyl (C=O) groups is 1. The molecule has 1 saturated carbocycles. The predicted octanol–water partition coefficient (Wildman–Crippen LogP) is 3.81. The van der Waals surface area contributed by atoms with Crippen LogP contribution in [-0.4, -0.2) is 27.9 Å². The molecule has 0 aromatic heterocycles. The molecular formula is C17H22BrN3O2S. The van der Waals surface area contributed by atoms with Gasteiger partial charge in [-0.15, -0.1) is 0 Å². The van der Waals surface area contributed by atoms with E-state index < -0.39 is 5.97 Å². The number of nitrogens with zero attached hydrogens (tertiary/aromatic N) is 1. The van der Waals surface area contributed by atoms with Crippen LogP contribution in [-0.2, 0) is 4.79 Å². The van der Waals surface area contributed by atoms with Crippen molar-refractivity contribution in [1.29, 1.82) is 0 Å². The number of thiocarbonyl (C=S) groups is 1. The molecule has 130 valence electrons. The summed E-state index contributed by atoms with van der Waals surface area (Å²) >= 11 is 8.70. The maximum atomic E-state index is 10.9. The summed E-state index contributed by atoms with van der Waals surface area (Å²) in [6.45, 7) is 0. The monoisotopic (exact) mass is 411 g/mol. The molecule has 0 spiro atoms. The lowest BCUT2D eigenvalue weighted by Gasteiger charge is -2.23. The van der Waals surface area contributed by atoms with Crippen LogP contribution in [0.2, 0.25) is 0 Å². The maximum absolute atomic E-state index is 10.9. The van der Waals surface area contributed by atoms with Crippen molar-refractivity contribution in [3.63, 3.8) is 0 Å². The van der Waals surface area contributed by atoms with Crippen molar-refractivity contribution >= 4 is 44.9 Å². The molecule has 0 heterocycles. The number of carboxylic acids is 1. The summed E-state index contributed by atoms with van der Waals surface area (Å²) < 4.78 is 0.964. The minimum absolute atomic E-state index is 0.0272. The van der Waals surface area contributed by atoms with Gasteiger partial charge in [0.2, 0.25) is 0 Å². The van der Waals surface area contributed by atoms with Gasteiger partial charge >= 0.3 is 5.97 Å². The van der Waals surface area contributed by atoms with E-state index in [1.54, 1.807) is 0 Å². The van der Waals surface area contributed by atoms with Crippen LogP contribution < -0.4 is 10.7 Å². The number of rotatable bonds is 6. The molecule has 1 fully saturated rings. The van der Waals surface area contributed by atoms with Gasteiger partial charge in [-0.2, -0.15) is 5.10 Å². The van der Waals surface area contributed by atoms with Gasteiger partial charge in [0.15, 0.2) is 5.11 Å². The first-order chi connectivity index (χ1) is 11.5. The second kappa shape index (κ2) is 9.74. The van der Waals surface area contributed by atoms with Crippen molar-refractivity contribution in [2.75, 3.05) is 0 Å². The number of benzene rings is 1. The lowest BCUT2D eigenvalue weighted by Crippen LogP contribution is -2.41. The standard InChI is InChI=1S/C17H22BrN3O2S/c18-13-8-6-12(7-9-13)15(10-11-16(22)23)20-21-17(24)19-14-4-2-1-3-5-14/h6-9,14H,1-5,10-11H2,(H,22,23)(H2,19,21,24)/b20-15-. The molecule has 0 amide bonds. The Balaban J connectivity index is 1.99. The molecule has 0 unspecified atom stereocenters. The first kappa shape index (κ1) is 18.9. The van der Waals surface area contributed by atoms with Crippen LogP contribution in [0.1, 0.15) is 50.5 Å². The molecule has 1 aromatic carbocycles. The Hall–Kier alpha value is -1.47. The number of aliphatic carboxylic acids is 1. The van der Waals surface area contributed by atoms with Crippen LogP contribution >= 0.6 is 28.1 Å². The second-order valence-corrected chi connectivity index (χ2v) is 7.20. The van der Waals surface area contributed by atoms with Gasteiger partial charge in [0.1, 0.15) is 0 Å². The van der Waals surface area contributed by atoms with E-state index in [0.29, 0.717) is 23.3 Å². The van der Waals surface area contributed by atoms with Crippen molar-refractivity contribution in [1.82, 2.24) is 10.7 Å². The maximum Gasteiger partial charge on any atom is 0.303 e. The first-order valence-electron chi connectivity index (χ1n) is 8.15. The van der Waals surface area contributed by atoms with Crippen molar-refractivity contribution in [3.05, 3.63) is 34.3 Å². The SMILES string of the molecule is O=C(O)CC/C(=N/NC(=S)NC1CCCCC1)c1ccc(Br)cc1. The summed E-state index contributed by atoms with van der Waals surface area (Å²) in [5, 5.41) is 17.1. The van der Waals surface area contributed by atoms with Gasteiger partial charge in [0.25, 0.3) is 0 Å². The number of hydrogen-bond acceptors (Lipinski definition) is 3. The van der Waals surface area contributed by atoms with E-state index in [9.17, 15) is 4.79 Å². The van der Waals surface area contributed by atoms with Crippen LogP contribution in [0.4, 0.5) is 0 Å². The summed E-state index contributed by atoms with van der Waals surface area (Å²) in [4.78, 5) is 10.9. The van der Waals surface area contributed by atoms with Crippen LogP contribution in [0.25, 0.3) is 0 Å². The Bertz CT molecular complexity index is 598. The molecule has 1 aliphatic carbocycles. The molecule has 1 aromatic rings. The Morgan fingerprint density at radius 1 is 1.21 bits per heavy atom. The molecule has 7 heteroatoms. The van der Waals surface area contributed by atoms with Crippen LogP contribution in [0.3, 0.4) is 0 Å². The Kier molecular flexibility index (Phi) is 7.65. The van der Waals surface area contributed by atoms with Crippen LogP contribution in [0.5, 0.6) is 0 Å². The molecule has 0 aliphatic heterocycles. The highest BCUT2D eigenvalue weighted by Crippen LogP contribution is 2.17. The number of halogens is 1. The zero-order valence-electron chi connectivity index (χ0n) is 13.4. The Morgan fingerprint density at radius 2 is 1.88 bits per heavy atom. The third-order valence-corrected chi connectivity index (χ3v) is 4.72. The molecule has 0 atom stereocenters. The van der Waals surface area contributed by atoms with Gasteiger partial charge in [-0.1, -0.05) is 47.3 Å². The predicted molar refractivity (Wildman–Crippen MR) is 103 cm³/mol. The van der Waals surface area contributed by atoms with Crippen molar-refractivity contribution in [2.24, 2.45) is 5.10 Å². The van der Waals surface area contributed by atoms with Crippen LogP contribution in [0.15, 0.2) is 33.8 Å². The van der Waals surface area contributed by atoms with Gasteiger partial charge in [0.05, 0.1) is 12.1 Å². The number of hydrazone groups is 1. The van der Waals surface area contributed by atoms with Crippen molar-refractivity contribution in [3.8, 4) is 0 Å². The molecule has 0 bridgehead atoms. The van der Waals surface area contributed by atoms with Gasteiger partial charge < -0.3 is 10.4 Å². The van der Waals surface area contributed by atoms with Gasteiger partial charge in [-0.3, -0.25) is 10.2 Å². The van der Waals surface area contributed by atoms with E-state index in [0.717, 1.165) is 22.9 Å². The fourth-order valence-electron chi connectivity index (χ4n) is 2.72. The smallest absolute Gasteiger partial charge is 0.303 e.